The monoisotopic (exact) mass is 555 g/mol. The molecule has 0 aromatic heterocycles. The standard InChI is InChI=1S/C28H34ClN5O5/c29-21-6-8-22(9-7-21)31-25(35)19-24(28(38)30-12-14-33-15-17-39-18-16-33)32-27(37)20-4-10-23(11-5-20)34-13-2-1-3-26(34)36/h4-11,24H,1-3,12-19H2,(H,30,38)(H,31,35)(H,32,37)/t24-/m0/s1. The fraction of sp³-hybridized carbons (Fsp3) is 0.429. The third-order valence-corrected chi connectivity index (χ3v) is 6.99. The van der Waals surface area contributed by atoms with Crippen molar-refractivity contribution < 1.29 is 23.9 Å². The molecule has 1 atom stereocenters. The number of amides is 4. The zero-order chi connectivity index (χ0) is 27.6. The molecule has 11 heteroatoms. The fourth-order valence-electron chi connectivity index (χ4n) is 4.54. The molecule has 3 N–H and O–H groups in total. The first-order valence-corrected chi connectivity index (χ1v) is 13.6. The Morgan fingerprint density at radius 3 is 2.36 bits per heavy atom. The van der Waals surface area contributed by atoms with Gasteiger partial charge in [-0.15, -0.1) is 0 Å². The number of nitrogens with zero attached hydrogens (tertiary/aromatic N) is 2. The number of halogens is 1. The molecule has 2 aromatic carbocycles. The summed E-state index contributed by atoms with van der Waals surface area (Å²) >= 11 is 5.91. The van der Waals surface area contributed by atoms with Crippen molar-refractivity contribution in [3.05, 3.63) is 59.1 Å². The van der Waals surface area contributed by atoms with Crippen LogP contribution in [-0.4, -0.2) is 80.5 Å². The Balaban J connectivity index is 1.39. The molecule has 2 fully saturated rings. The van der Waals surface area contributed by atoms with Gasteiger partial charge in [0.15, 0.2) is 0 Å². The van der Waals surface area contributed by atoms with Gasteiger partial charge in [0.25, 0.3) is 5.91 Å². The van der Waals surface area contributed by atoms with E-state index in [2.05, 4.69) is 20.9 Å². The van der Waals surface area contributed by atoms with Crippen LogP contribution in [0, 0.1) is 0 Å². The number of carbonyl (C=O) groups excluding carboxylic acids is 4. The quantitative estimate of drug-likeness (QED) is 0.414. The lowest BCUT2D eigenvalue weighted by Gasteiger charge is -2.27. The van der Waals surface area contributed by atoms with Crippen LogP contribution in [0.1, 0.15) is 36.0 Å². The summed E-state index contributed by atoms with van der Waals surface area (Å²) < 4.78 is 5.35. The molecule has 0 saturated carbocycles. The van der Waals surface area contributed by atoms with Crippen LogP contribution in [0.3, 0.4) is 0 Å². The number of ether oxygens (including phenoxy) is 1. The van der Waals surface area contributed by atoms with Crippen LogP contribution >= 0.6 is 11.6 Å². The minimum Gasteiger partial charge on any atom is -0.379 e. The van der Waals surface area contributed by atoms with Crippen LogP contribution in [0.4, 0.5) is 11.4 Å². The van der Waals surface area contributed by atoms with Gasteiger partial charge in [0.2, 0.25) is 17.7 Å². The van der Waals surface area contributed by atoms with Crippen molar-refractivity contribution >= 4 is 46.6 Å². The number of morpholine rings is 1. The molecule has 0 bridgehead atoms. The number of nitrogens with one attached hydrogen (secondary N) is 3. The Hall–Kier alpha value is -3.47. The summed E-state index contributed by atoms with van der Waals surface area (Å²) in [5.74, 6) is -1.29. The first kappa shape index (κ1) is 28.5. The van der Waals surface area contributed by atoms with Gasteiger partial charge in [-0.25, -0.2) is 0 Å². The van der Waals surface area contributed by atoms with Gasteiger partial charge in [-0.1, -0.05) is 11.6 Å². The van der Waals surface area contributed by atoms with Gasteiger partial charge in [-0.05, 0) is 61.4 Å². The highest BCUT2D eigenvalue weighted by molar-refractivity contribution is 6.30. The minimum absolute atomic E-state index is 0.0685. The molecule has 2 aliphatic rings. The predicted molar refractivity (Wildman–Crippen MR) is 149 cm³/mol. The predicted octanol–water partition coefficient (Wildman–Crippen LogP) is 2.43. The van der Waals surface area contributed by atoms with Crippen molar-refractivity contribution in [2.75, 3.05) is 56.2 Å². The number of hydrogen-bond acceptors (Lipinski definition) is 6. The molecule has 0 unspecified atom stereocenters. The topological polar surface area (TPSA) is 120 Å². The SMILES string of the molecule is O=C(C[C@H](NC(=O)c1ccc(N2CCCCC2=O)cc1)C(=O)NCCN1CCOCC1)Nc1ccc(Cl)cc1. The highest BCUT2D eigenvalue weighted by Crippen LogP contribution is 2.21. The van der Waals surface area contributed by atoms with Gasteiger partial charge in [0.05, 0.1) is 19.6 Å². The second kappa shape index (κ2) is 14.1. The Labute approximate surface area is 233 Å². The number of benzene rings is 2. The number of anilines is 2. The Kier molecular flexibility index (Phi) is 10.3. The van der Waals surface area contributed by atoms with Crippen LogP contribution < -0.4 is 20.9 Å². The molecule has 0 radical (unpaired) electrons. The largest absolute Gasteiger partial charge is 0.379 e. The second-order valence-electron chi connectivity index (χ2n) is 9.58. The summed E-state index contributed by atoms with van der Waals surface area (Å²) in [7, 11) is 0. The van der Waals surface area contributed by atoms with E-state index in [0.717, 1.165) is 31.6 Å². The van der Waals surface area contributed by atoms with Gasteiger partial charge in [-0.2, -0.15) is 0 Å². The first-order valence-electron chi connectivity index (χ1n) is 13.2. The Bertz CT molecular complexity index is 1150. The average molecular weight is 556 g/mol. The third kappa shape index (κ3) is 8.51. The molecule has 10 nitrogen and oxygen atoms in total. The van der Waals surface area contributed by atoms with E-state index in [-0.39, 0.29) is 12.3 Å². The number of rotatable bonds is 10. The Morgan fingerprint density at radius 1 is 0.949 bits per heavy atom. The highest BCUT2D eigenvalue weighted by atomic mass is 35.5. The summed E-state index contributed by atoms with van der Waals surface area (Å²) in [4.78, 5) is 55.0. The lowest BCUT2D eigenvalue weighted by molar-refractivity contribution is -0.126. The van der Waals surface area contributed by atoms with Crippen LogP contribution in [0.2, 0.25) is 5.02 Å². The molecular formula is C28H34ClN5O5. The number of carbonyl (C=O) groups is 4. The molecule has 2 saturated heterocycles. The van der Waals surface area contributed by atoms with Crippen molar-refractivity contribution in [2.45, 2.75) is 31.7 Å². The summed E-state index contributed by atoms with van der Waals surface area (Å²) in [6, 6.07) is 12.2. The van der Waals surface area contributed by atoms with E-state index in [1.54, 1.807) is 53.4 Å². The van der Waals surface area contributed by atoms with Crippen molar-refractivity contribution in [3.63, 3.8) is 0 Å². The molecule has 2 heterocycles. The summed E-state index contributed by atoms with van der Waals surface area (Å²) in [6.07, 6.45) is 2.09. The van der Waals surface area contributed by atoms with E-state index in [4.69, 9.17) is 16.3 Å². The van der Waals surface area contributed by atoms with Crippen LogP contribution in [0.25, 0.3) is 0 Å². The Morgan fingerprint density at radius 2 is 1.67 bits per heavy atom. The lowest BCUT2D eigenvalue weighted by Crippen LogP contribution is -2.50. The summed E-state index contributed by atoms with van der Waals surface area (Å²) in [5.41, 5.74) is 1.59. The average Bonchev–Trinajstić information content (AvgIpc) is 2.95. The fourth-order valence-corrected chi connectivity index (χ4v) is 4.66. The summed E-state index contributed by atoms with van der Waals surface area (Å²) in [6.45, 7) is 4.56. The van der Waals surface area contributed by atoms with Gasteiger partial charge >= 0.3 is 0 Å². The smallest absolute Gasteiger partial charge is 0.251 e. The van der Waals surface area contributed by atoms with Gasteiger partial charge < -0.3 is 25.6 Å². The zero-order valence-electron chi connectivity index (χ0n) is 21.8. The van der Waals surface area contributed by atoms with Gasteiger partial charge in [0, 0.05) is 61.1 Å². The maximum atomic E-state index is 13.1. The van der Waals surface area contributed by atoms with E-state index in [1.165, 1.54) is 0 Å². The molecular weight excluding hydrogens is 522 g/mol. The number of piperidine rings is 1. The van der Waals surface area contributed by atoms with Gasteiger partial charge in [0.1, 0.15) is 6.04 Å². The molecule has 4 rings (SSSR count). The maximum absolute atomic E-state index is 13.1. The molecule has 2 aliphatic heterocycles. The molecule has 2 aromatic rings. The van der Waals surface area contributed by atoms with E-state index in [0.29, 0.717) is 55.5 Å². The minimum atomic E-state index is -1.09. The van der Waals surface area contributed by atoms with E-state index < -0.39 is 23.8 Å². The third-order valence-electron chi connectivity index (χ3n) is 6.73. The molecule has 39 heavy (non-hydrogen) atoms. The van der Waals surface area contributed by atoms with Crippen molar-refractivity contribution in [2.24, 2.45) is 0 Å². The van der Waals surface area contributed by atoms with E-state index in [9.17, 15) is 19.2 Å². The van der Waals surface area contributed by atoms with Crippen molar-refractivity contribution in [1.82, 2.24) is 15.5 Å². The molecule has 0 spiro atoms. The van der Waals surface area contributed by atoms with Crippen LogP contribution in [-0.2, 0) is 19.1 Å². The van der Waals surface area contributed by atoms with Crippen molar-refractivity contribution in [3.8, 4) is 0 Å². The van der Waals surface area contributed by atoms with E-state index >= 15 is 0 Å². The van der Waals surface area contributed by atoms with Crippen molar-refractivity contribution in [1.29, 1.82) is 0 Å². The lowest BCUT2D eigenvalue weighted by atomic mass is 10.1. The van der Waals surface area contributed by atoms with Crippen LogP contribution in [0.15, 0.2) is 48.5 Å². The highest BCUT2D eigenvalue weighted by Gasteiger charge is 2.25. The molecule has 208 valence electrons. The normalized spacial score (nSPS) is 16.8. The van der Waals surface area contributed by atoms with Gasteiger partial charge in [-0.3, -0.25) is 24.1 Å². The maximum Gasteiger partial charge on any atom is 0.251 e. The molecule has 4 amide bonds. The molecule has 0 aliphatic carbocycles. The second-order valence-corrected chi connectivity index (χ2v) is 10.0. The van der Waals surface area contributed by atoms with E-state index in [1.807, 2.05) is 0 Å². The number of hydrogen-bond donors (Lipinski definition) is 3. The first-order chi connectivity index (χ1) is 18.9. The summed E-state index contributed by atoms with van der Waals surface area (Å²) in [5, 5.41) is 8.82. The van der Waals surface area contributed by atoms with Crippen LogP contribution in [0.5, 0.6) is 0 Å². The zero-order valence-corrected chi connectivity index (χ0v) is 22.5.